The summed E-state index contributed by atoms with van der Waals surface area (Å²) in [5.74, 6) is 0. The number of amides is 2. The molecule has 0 aliphatic rings. The topological polar surface area (TPSA) is 52.6 Å². The lowest BCUT2D eigenvalue weighted by Crippen LogP contribution is -2.47. The molecule has 1 aromatic rings. The smallest absolute Gasteiger partial charge is 0.317 e. The van der Waals surface area contributed by atoms with E-state index in [4.69, 9.17) is 5.11 Å². The first kappa shape index (κ1) is 16.5. The van der Waals surface area contributed by atoms with E-state index in [2.05, 4.69) is 38.2 Å². The maximum atomic E-state index is 12.0. The molecule has 0 aliphatic heterocycles. The zero-order valence-electron chi connectivity index (χ0n) is 13.1. The van der Waals surface area contributed by atoms with Crippen molar-refractivity contribution < 1.29 is 9.90 Å². The number of urea groups is 1. The van der Waals surface area contributed by atoms with E-state index >= 15 is 0 Å². The number of aliphatic hydroxyl groups excluding tert-OH is 1. The Balaban J connectivity index is 2.69. The van der Waals surface area contributed by atoms with Crippen LogP contribution in [0.4, 0.5) is 4.79 Å². The molecular formula is C16H26N2O2. The summed E-state index contributed by atoms with van der Waals surface area (Å²) in [6.07, 6.45) is 0. The molecular weight excluding hydrogens is 252 g/mol. The predicted molar refractivity (Wildman–Crippen MR) is 81.9 cm³/mol. The molecule has 0 fully saturated rings. The van der Waals surface area contributed by atoms with Gasteiger partial charge in [-0.15, -0.1) is 0 Å². The lowest BCUT2D eigenvalue weighted by molar-refractivity contribution is 0.156. The number of carbonyl (C=O) groups excluding carboxylic acids is 1. The lowest BCUT2D eigenvalue weighted by atomic mass is 9.82. The summed E-state index contributed by atoms with van der Waals surface area (Å²) in [5, 5.41) is 12.0. The Bertz CT molecular complexity index is 458. The number of hydrogen-bond donors (Lipinski definition) is 2. The molecule has 4 heteroatoms. The minimum atomic E-state index is -0.184. The van der Waals surface area contributed by atoms with E-state index in [0.29, 0.717) is 6.54 Å². The molecule has 0 radical (unpaired) electrons. The highest BCUT2D eigenvalue weighted by Gasteiger charge is 2.24. The maximum absolute atomic E-state index is 12.0. The number of aryl methyl sites for hydroxylation is 1. The van der Waals surface area contributed by atoms with E-state index in [0.717, 1.165) is 0 Å². The van der Waals surface area contributed by atoms with Crippen molar-refractivity contribution in [3.63, 3.8) is 0 Å². The van der Waals surface area contributed by atoms with Crippen LogP contribution >= 0.6 is 0 Å². The van der Waals surface area contributed by atoms with Gasteiger partial charge in [0, 0.05) is 19.0 Å². The molecule has 2 N–H and O–H groups in total. The van der Waals surface area contributed by atoms with Crippen LogP contribution in [-0.4, -0.2) is 42.3 Å². The number of aliphatic hydroxyl groups is 1. The molecule has 0 saturated carbocycles. The Morgan fingerprint density at radius 1 is 1.40 bits per heavy atom. The Kier molecular flexibility index (Phi) is 5.57. The first-order valence-corrected chi connectivity index (χ1v) is 6.97. The molecule has 0 heterocycles. The summed E-state index contributed by atoms with van der Waals surface area (Å²) >= 11 is 0. The van der Waals surface area contributed by atoms with Crippen LogP contribution in [0.25, 0.3) is 0 Å². The van der Waals surface area contributed by atoms with Gasteiger partial charge in [-0.1, -0.05) is 38.1 Å². The Labute approximate surface area is 121 Å². The van der Waals surface area contributed by atoms with E-state index in [-0.39, 0.29) is 24.1 Å². The molecule has 0 spiro atoms. The maximum Gasteiger partial charge on any atom is 0.317 e. The van der Waals surface area contributed by atoms with Crippen molar-refractivity contribution in [1.82, 2.24) is 10.2 Å². The molecule has 0 aliphatic carbocycles. The quantitative estimate of drug-likeness (QED) is 0.868. The molecule has 2 amide bonds. The summed E-state index contributed by atoms with van der Waals surface area (Å²) in [6.45, 7) is 8.64. The van der Waals surface area contributed by atoms with Gasteiger partial charge in [0.05, 0.1) is 12.6 Å². The molecule has 1 unspecified atom stereocenters. The van der Waals surface area contributed by atoms with Crippen molar-refractivity contribution >= 4 is 6.03 Å². The first-order chi connectivity index (χ1) is 9.29. The van der Waals surface area contributed by atoms with E-state index in [1.165, 1.54) is 16.0 Å². The van der Waals surface area contributed by atoms with Gasteiger partial charge in [-0.2, -0.15) is 0 Å². The minimum Gasteiger partial charge on any atom is -0.394 e. The second-order valence-corrected chi connectivity index (χ2v) is 6.00. The molecule has 1 aromatic carbocycles. The van der Waals surface area contributed by atoms with Gasteiger partial charge in [0.25, 0.3) is 0 Å². The Hall–Kier alpha value is -1.55. The zero-order chi connectivity index (χ0) is 15.3. The zero-order valence-corrected chi connectivity index (χ0v) is 13.1. The normalized spacial score (nSPS) is 12.9. The van der Waals surface area contributed by atoms with Crippen molar-refractivity contribution in [2.75, 3.05) is 20.2 Å². The molecule has 1 atom stereocenters. The fourth-order valence-electron chi connectivity index (χ4n) is 2.17. The van der Waals surface area contributed by atoms with E-state index < -0.39 is 0 Å². The summed E-state index contributed by atoms with van der Waals surface area (Å²) in [6, 6.07) is 7.88. The van der Waals surface area contributed by atoms with Crippen LogP contribution in [0.15, 0.2) is 24.3 Å². The van der Waals surface area contributed by atoms with E-state index in [1.807, 2.05) is 19.1 Å². The first-order valence-electron chi connectivity index (χ1n) is 6.97. The lowest BCUT2D eigenvalue weighted by Gasteiger charge is -2.30. The number of likely N-dealkylation sites (N-methyl/N-ethyl adjacent to an activating group) is 1. The molecule has 1 rings (SSSR count). The van der Waals surface area contributed by atoms with Crippen LogP contribution in [-0.2, 0) is 5.41 Å². The molecule has 0 bridgehead atoms. The number of carbonyl (C=O) groups is 1. The van der Waals surface area contributed by atoms with Crippen LogP contribution in [0.2, 0.25) is 0 Å². The number of rotatable bonds is 5. The fraction of sp³-hybridized carbons (Fsp3) is 0.562. The molecule has 0 aromatic heterocycles. The predicted octanol–water partition coefficient (Wildman–Crippen LogP) is 2.29. The average molecular weight is 278 g/mol. The summed E-state index contributed by atoms with van der Waals surface area (Å²) in [4.78, 5) is 13.5. The van der Waals surface area contributed by atoms with Crippen molar-refractivity contribution in [2.45, 2.75) is 39.2 Å². The summed E-state index contributed by atoms with van der Waals surface area (Å²) < 4.78 is 0. The molecule has 4 nitrogen and oxygen atoms in total. The van der Waals surface area contributed by atoms with Crippen LogP contribution in [0.1, 0.15) is 31.9 Å². The summed E-state index contributed by atoms with van der Waals surface area (Å²) in [5.41, 5.74) is 2.33. The third-order valence-electron chi connectivity index (χ3n) is 3.80. The van der Waals surface area contributed by atoms with Crippen LogP contribution in [0, 0.1) is 6.92 Å². The van der Waals surface area contributed by atoms with Gasteiger partial charge in [0.1, 0.15) is 0 Å². The number of nitrogens with zero attached hydrogens (tertiary/aromatic N) is 1. The Morgan fingerprint density at radius 2 is 2.00 bits per heavy atom. The SMILES string of the molecule is Cc1ccccc1C(C)(C)CNC(=O)N(C)C(C)CO. The van der Waals surface area contributed by atoms with Crippen molar-refractivity contribution in [1.29, 1.82) is 0 Å². The second-order valence-electron chi connectivity index (χ2n) is 6.00. The highest BCUT2D eigenvalue weighted by Crippen LogP contribution is 2.25. The van der Waals surface area contributed by atoms with E-state index in [1.54, 1.807) is 7.05 Å². The summed E-state index contributed by atoms with van der Waals surface area (Å²) in [7, 11) is 1.69. The van der Waals surface area contributed by atoms with Gasteiger partial charge in [-0.25, -0.2) is 4.79 Å². The molecule has 0 saturated heterocycles. The largest absolute Gasteiger partial charge is 0.394 e. The highest BCUT2D eigenvalue weighted by atomic mass is 16.3. The third-order valence-corrected chi connectivity index (χ3v) is 3.80. The number of benzene rings is 1. The van der Waals surface area contributed by atoms with Gasteiger partial charge in [0.15, 0.2) is 0 Å². The standard InChI is InChI=1S/C16H26N2O2/c1-12-8-6-7-9-14(12)16(3,4)11-17-15(20)18(5)13(2)10-19/h6-9,13,19H,10-11H2,1-5H3,(H,17,20). The number of hydrogen-bond acceptors (Lipinski definition) is 2. The van der Waals surface area contributed by atoms with Crippen molar-refractivity contribution in [2.24, 2.45) is 0 Å². The van der Waals surface area contributed by atoms with Crippen LogP contribution in [0.5, 0.6) is 0 Å². The Morgan fingerprint density at radius 3 is 2.55 bits per heavy atom. The highest BCUT2D eigenvalue weighted by molar-refractivity contribution is 5.74. The van der Waals surface area contributed by atoms with Gasteiger partial charge < -0.3 is 15.3 Å². The molecule has 20 heavy (non-hydrogen) atoms. The van der Waals surface area contributed by atoms with Gasteiger partial charge in [0.2, 0.25) is 0 Å². The van der Waals surface area contributed by atoms with Gasteiger partial charge in [-0.3, -0.25) is 0 Å². The third kappa shape index (κ3) is 3.97. The monoisotopic (exact) mass is 278 g/mol. The average Bonchev–Trinajstić information content (AvgIpc) is 2.43. The number of nitrogens with one attached hydrogen (secondary N) is 1. The van der Waals surface area contributed by atoms with E-state index in [9.17, 15) is 4.79 Å². The fourth-order valence-corrected chi connectivity index (χ4v) is 2.17. The minimum absolute atomic E-state index is 0.0366. The van der Waals surface area contributed by atoms with Crippen molar-refractivity contribution in [3.05, 3.63) is 35.4 Å². The second kappa shape index (κ2) is 6.75. The molecule has 112 valence electrons. The van der Waals surface area contributed by atoms with Gasteiger partial charge >= 0.3 is 6.03 Å². The van der Waals surface area contributed by atoms with Gasteiger partial charge in [-0.05, 0) is 25.0 Å². The van der Waals surface area contributed by atoms with Crippen LogP contribution < -0.4 is 5.32 Å². The van der Waals surface area contributed by atoms with Crippen LogP contribution in [0.3, 0.4) is 0 Å². The van der Waals surface area contributed by atoms with Crippen molar-refractivity contribution in [3.8, 4) is 0 Å².